The van der Waals surface area contributed by atoms with Crippen molar-refractivity contribution in [2.24, 2.45) is 0 Å². The van der Waals surface area contributed by atoms with Crippen molar-refractivity contribution in [3.63, 3.8) is 0 Å². The quantitative estimate of drug-likeness (QED) is 0.629. The highest BCUT2D eigenvalue weighted by Crippen LogP contribution is 2.29. The molecule has 114 valence electrons. The maximum Gasteiger partial charge on any atom is 0.306 e. The van der Waals surface area contributed by atoms with Crippen molar-refractivity contribution in [1.29, 1.82) is 0 Å². The number of nitrogens with zero attached hydrogens (tertiary/aromatic N) is 2. The highest BCUT2D eigenvalue weighted by atomic mass is 16.6. The fourth-order valence-electron chi connectivity index (χ4n) is 2.32. The Balaban J connectivity index is 1.92. The lowest BCUT2D eigenvalue weighted by molar-refractivity contribution is -0.140. The zero-order chi connectivity index (χ0) is 15.7. The van der Waals surface area contributed by atoms with E-state index >= 15 is 0 Å². The zero-order valence-corrected chi connectivity index (χ0v) is 12.2. The second-order valence-corrected chi connectivity index (χ2v) is 4.92. The standard InChI is InChI=1S/C15H14N2O5/c1-8-16-17-15(21-8)9-3-4-10(12(7-9)20-2)14(19)11-5-6-13(18)22-11/h3-4,7,11H,5-6H2,1-2H3. The van der Waals surface area contributed by atoms with Crippen molar-refractivity contribution in [2.45, 2.75) is 25.9 Å². The third-order valence-corrected chi connectivity index (χ3v) is 3.42. The number of ketones is 1. The minimum absolute atomic E-state index is 0.262. The first-order valence-corrected chi connectivity index (χ1v) is 6.80. The SMILES string of the molecule is COc1cc(-c2nnc(C)o2)ccc1C(=O)C1CCC(=O)O1. The molecule has 22 heavy (non-hydrogen) atoms. The third-order valence-electron chi connectivity index (χ3n) is 3.42. The van der Waals surface area contributed by atoms with Crippen molar-refractivity contribution < 1.29 is 23.5 Å². The number of methoxy groups -OCH3 is 1. The van der Waals surface area contributed by atoms with Gasteiger partial charge in [0.25, 0.3) is 0 Å². The molecule has 0 aliphatic carbocycles. The smallest absolute Gasteiger partial charge is 0.306 e. The summed E-state index contributed by atoms with van der Waals surface area (Å²) in [6.07, 6.45) is -0.0818. The molecule has 0 N–H and O–H groups in total. The zero-order valence-electron chi connectivity index (χ0n) is 12.2. The minimum Gasteiger partial charge on any atom is -0.496 e. The van der Waals surface area contributed by atoms with Crippen LogP contribution in [0, 0.1) is 6.92 Å². The summed E-state index contributed by atoms with van der Waals surface area (Å²) in [7, 11) is 1.47. The molecule has 0 bridgehead atoms. The largest absolute Gasteiger partial charge is 0.496 e. The molecule has 1 aliphatic heterocycles. The van der Waals surface area contributed by atoms with E-state index in [0.717, 1.165) is 0 Å². The number of aromatic nitrogens is 2. The van der Waals surface area contributed by atoms with Crippen molar-refractivity contribution in [2.75, 3.05) is 7.11 Å². The Kier molecular flexibility index (Phi) is 3.62. The summed E-state index contributed by atoms with van der Waals surface area (Å²) >= 11 is 0. The van der Waals surface area contributed by atoms with Crippen molar-refractivity contribution in [1.82, 2.24) is 10.2 Å². The fraction of sp³-hybridized carbons (Fsp3) is 0.333. The van der Waals surface area contributed by atoms with Gasteiger partial charge in [-0.2, -0.15) is 0 Å². The molecular weight excluding hydrogens is 288 g/mol. The number of ether oxygens (including phenoxy) is 2. The van der Waals surface area contributed by atoms with Crippen LogP contribution in [-0.2, 0) is 9.53 Å². The predicted molar refractivity (Wildman–Crippen MR) is 74.5 cm³/mol. The number of benzene rings is 1. The summed E-state index contributed by atoms with van der Waals surface area (Å²) in [6, 6.07) is 4.96. The lowest BCUT2D eigenvalue weighted by atomic mass is 10.0. The Labute approximate surface area is 126 Å². The van der Waals surface area contributed by atoms with Gasteiger partial charge < -0.3 is 13.9 Å². The van der Waals surface area contributed by atoms with Crippen LogP contribution in [0.15, 0.2) is 22.6 Å². The van der Waals surface area contributed by atoms with Crippen LogP contribution in [0.4, 0.5) is 0 Å². The molecular formula is C15H14N2O5. The van der Waals surface area contributed by atoms with Crippen molar-refractivity contribution >= 4 is 11.8 Å². The molecule has 1 aromatic heterocycles. The Morgan fingerprint density at radius 1 is 1.36 bits per heavy atom. The maximum atomic E-state index is 12.4. The Bertz CT molecular complexity index is 737. The molecule has 1 saturated heterocycles. The van der Waals surface area contributed by atoms with Crippen LogP contribution in [0.25, 0.3) is 11.5 Å². The van der Waals surface area contributed by atoms with E-state index < -0.39 is 6.10 Å². The molecule has 1 fully saturated rings. The first-order valence-electron chi connectivity index (χ1n) is 6.80. The molecule has 1 unspecified atom stereocenters. The van der Waals surface area contributed by atoms with Crippen LogP contribution in [0.5, 0.6) is 5.75 Å². The second-order valence-electron chi connectivity index (χ2n) is 4.92. The van der Waals surface area contributed by atoms with Gasteiger partial charge in [-0.1, -0.05) is 0 Å². The van der Waals surface area contributed by atoms with Gasteiger partial charge in [-0.25, -0.2) is 0 Å². The minimum atomic E-state index is -0.738. The first-order chi connectivity index (χ1) is 10.6. The van der Waals surface area contributed by atoms with Crippen LogP contribution in [0.3, 0.4) is 0 Å². The van der Waals surface area contributed by atoms with Gasteiger partial charge in [0.1, 0.15) is 5.75 Å². The molecule has 0 amide bonds. The van der Waals surface area contributed by atoms with E-state index in [0.29, 0.717) is 35.1 Å². The summed E-state index contributed by atoms with van der Waals surface area (Å²) in [5.74, 6) is 0.557. The number of hydrogen-bond donors (Lipinski definition) is 0. The number of rotatable bonds is 4. The van der Waals surface area contributed by atoms with E-state index in [1.54, 1.807) is 25.1 Å². The van der Waals surface area contributed by atoms with Gasteiger partial charge in [0.05, 0.1) is 12.7 Å². The van der Waals surface area contributed by atoms with Crippen LogP contribution >= 0.6 is 0 Å². The van der Waals surface area contributed by atoms with Gasteiger partial charge in [-0.05, 0) is 18.2 Å². The first kappa shape index (κ1) is 14.2. The number of cyclic esters (lactones) is 1. The molecule has 7 heteroatoms. The predicted octanol–water partition coefficient (Wildman–Crippen LogP) is 1.94. The van der Waals surface area contributed by atoms with Crippen LogP contribution in [0.1, 0.15) is 29.1 Å². The lowest BCUT2D eigenvalue weighted by Gasteiger charge is -2.12. The summed E-state index contributed by atoms with van der Waals surface area (Å²) in [4.78, 5) is 23.6. The molecule has 0 radical (unpaired) electrons. The molecule has 1 aliphatic rings. The van der Waals surface area contributed by atoms with E-state index in [4.69, 9.17) is 13.9 Å². The van der Waals surface area contributed by atoms with E-state index in [-0.39, 0.29) is 18.2 Å². The second kappa shape index (κ2) is 5.59. The fourth-order valence-corrected chi connectivity index (χ4v) is 2.32. The number of hydrogen-bond acceptors (Lipinski definition) is 7. The molecule has 2 aromatic rings. The van der Waals surface area contributed by atoms with E-state index in [1.807, 2.05) is 0 Å². The molecule has 1 aromatic carbocycles. The van der Waals surface area contributed by atoms with Crippen molar-refractivity contribution in [3.05, 3.63) is 29.7 Å². The Morgan fingerprint density at radius 2 is 2.18 bits per heavy atom. The molecule has 0 saturated carbocycles. The number of esters is 1. The van der Waals surface area contributed by atoms with Crippen LogP contribution in [-0.4, -0.2) is 35.2 Å². The summed E-state index contributed by atoms with van der Waals surface area (Å²) in [5.41, 5.74) is 1.01. The number of Topliss-reactive ketones (excluding diaryl/α,β-unsaturated/α-hetero) is 1. The van der Waals surface area contributed by atoms with Gasteiger partial charge in [-0.3, -0.25) is 9.59 Å². The van der Waals surface area contributed by atoms with E-state index in [1.165, 1.54) is 7.11 Å². The summed E-state index contributed by atoms with van der Waals surface area (Å²) in [5, 5.41) is 7.69. The third kappa shape index (κ3) is 2.57. The average molecular weight is 302 g/mol. The van der Waals surface area contributed by atoms with Gasteiger partial charge in [0, 0.05) is 25.3 Å². The van der Waals surface area contributed by atoms with Gasteiger partial charge in [0.2, 0.25) is 17.6 Å². The topological polar surface area (TPSA) is 91.5 Å². The van der Waals surface area contributed by atoms with Gasteiger partial charge >= 0.3 is 5.97 Å². The van der Waals surface area contributed by atoms with Crippen LogP contribution < -0.4 is 4.74 Å². The highest BCUT2D eigenvalue weighted by molar-refractivity contribution is 6.03. The Hall–Kier alpha value is -2.70. The maximum absolute atomic E-state index is 12.4. The van der Waals surface area contributed by atoms with Gasteiger partial charge in [0.15, 0.2) is 6.10 Å². The van der Waals surface area contributed by atoms with Crippen LogP contribution in [0.2, 0.25) is 0 Å². The number of aryl methyl sites for hydroxylation is 1. The van der Waals surface area contributed by atoms with Gasteiger partial charge in [-0.15, -0.1) is 10.2 Å². The monoisotopic (exact) mass is 302 g/mol. The Morgan fingerprint density at radius 3 is 2.77 bits per heavy atom. The number of carbonyl (C=O) groups is 2. The van der Waals surface area contributed by atoms with E-state index in [2.05, 4.69) is 10.2 Å². The highest BCUT2D eigenvalue weighted by Gasteiger charge is 2.32. The summed E-state index contributed by atoms with van der Waals surface area (Å²) in [6.45, 7) is 1.69. The molecule has 3 rings (SSSR count). The molecule has 2 heterocycles. The van der Waals surface area contributed by atoms with Crippen molar-refractivity contribution in [3.8, 4) is 17.2 Å². The average Bonchev–Trinajstić information content (AvgIpc) is 3.14. The number of carbonyl (C=O) groups excluding carboxylic acids is 2. The lowest BCUT2D eigenvalue weighted by Crippen LogP contribution is -2.21. The molecule has 1 atom stereocenters. The summed E-state index contributed by atoms with van der Waals surface area (Å²) < 4.78 is 15.6. The normalized spacial score (nSPS) is 17.4. The van der Waals surface area contributed by atoms with E-state index in [9.17, 15) is 9.59 Å². The molecule has 0 spiro atoms. The molecule has 7 nitrogen and oxygen atoms in total.